The molecule has 29 heavy (non-hydrogen) atoms. The molecule has 3 rings (SSSR count). The molecule has 150 valence electrons. The fourth-order valence-electron chi connectivity index (χ4n) is 2.58. The molecule has 1 aromatic heterocycles. The summed E-state index contributed by atoms with van der Waals surface area (Å²) in [6.45, 7) is 4.21. The van der Waals surface area contributed by atoms with Crippen LogP contribution in [0.4, 0.5) is 11.5 Å². The number of nitrogens with zero attached hydrogens (tertiary/aromatic N) is 1. The number of aromatic nitrogens is 1. The van der Waals surface area contributed by atoms with Gasteiger partial charge in [-0.15, -0.1) is 0 Å². The van der Waals surface area contributed by atoms with Crippen LogP contribution in [0.1, 0.15) is 22.8 Å². The Hall–Kier alpha value is -3.39. The molecule has 0 aliphatic rings. The van der Waals surface area contributed by atoms with Crippen molar-refractivity contribution < 1.29 is 17.9 Å². The Labute approximate surface area is 169 Å². The van der Waals surface area contributed by atoms with Gasteiger partial charge in [0.05, 0.1) is 11.5 Å². The average molecular weight is 411 g/mol. The number of amides is 1. The minimum absolute atomic E-state index is 0.119. The Morgan fingerprint density at radius 1 is 1.03 bits per heavy atom. The van der Waals surface area contributed by atoms with Gasteiger partial charge in [0.15, 0.2) is 0 Å². The van der Waals surface area contributed by atoms with Crippen molar-refractivity contribution in [2.24, 2.45) is 0 Å². The topological polar surface area (TPSA) is 97.4 Å². The van der Waals surface area contributed by atoms with Crippen molar-refractivity contribution in [3.63, 3.8) is 0 Å². The SMILES string of the molecule is CCOc1ccc(S(=O)(=O)Nc2ccc(C(=O)Nc3ncccc3C)cc2)cc1. The Morgan fingerprint density at radius 3 is 2.34 bits per heavy atom. The van der Waals surface area contributed by atoms with Crippen LogP contribution in [0.2, 0.25) is 0 Å². The van der Waals surface area contributed by atoms with Gasteiger partial charge >= 0.3 is 0 Å². The van der Waals surface area contributed by atoms with Crippen LogP contribution < -0.4 is 14.8 Å². The van der Waals surface area contributed by atoms with Gasteiger partial charge in [-0.05, 0) is 74.0 Å². The van der Waals surface area contributed by atoms with E-state index in [-0.39, 0.29) is 10.8 Å². The highest BCUT2D eigenvalue weighted by atomic mass is 32.2. The molecule has 0 radical (unpaired) electrons. The van der Waals surface area contributed by atoms with Crippen molar-refractivity contribution in [3.8, 4) is 5.75 Å². The standard InChI is InChI=1S/C21H21N3O4S/c1-3-28-18-10-12-19(13-11-18)29(26,27)24-17-8-6-16(7-9-17)21(25)23-20-15(2)5-4-14-22-20/h4-14,24H,3H2,1-2H3,(H,22,23,25). The summed E-state index contributed by atoms with van der Waals surface area (Å²) in [7, 11) is -3.75. The predicted molar refractivity (Wildman–Crippen MR) is 112 cm³/mol. The molecule has 0 aliphatic carbocycles. The van der Waals surface area contributed by atoms with Crippen LogP contribution in [0, 0.1) is 6.92 Å². The summed E-state index contributed by atoms with van der Waals surface area (Å²) in [5.41, 5.74) is 1.59. The summed E-state index contributed by atoms with van der Waals surface area (Å²) in [5, 5.41) is 2.74. The summed E-state index contributed by atoms with van der Waals surface area (Å²) >= 11 is 0. The first-order valence-corrected chi connectivity index (χ1v) is 10.5. The zero-order valence-electron chi connectivity index (χ0n) is 16.0. The van der Waals surface area contributed by atoms with E-state index in [2.05, 4.69) is 15.0 Å². The van der Waals surface area contributed by atoms with Crippen molar-refractivity contribution in [3.05, 3.63) is 78.0 Å². The fraction of sp³-hybridized carbons (Fsp3) is 0.143. The number of ether oxygens (including phenoxy) is 1. The van der Waals surface area contributed by atoms with Gasteiger partial charge < -0.3 is 10.1 Å². The number of rotatable bonds is 7. The smallest absolute Gasteiger partial charge is 0.261 e. The lowest BCUT2D eigenvalue weighted by atomic mass is 10.2. The second-order valence-corrected chi connectivity index (χ2v) is 7.89. The molecule has 2 aromatic carbocycles. The minimum atomic E-state index is -3.75. The van der Waals surface area contributed by atoms with Crippen LogP contribution in [0.25, 0.3) is 0 Å². The van der Waals surface area contributed by atoms with Gasteiger partial charge in [0.25, 0.3) is 15.9 Å². The van der Waals surface area contributed by atoms with E-state index in [4.69, 9.17) is 4.74 Å². The molecule has 7 nitrogen and oxygen atoms in total. The normalized spacial score (nSPS) is 11.0. The van der Waals surface area contributed by atoms with Gasteiger partial charge in [-0.25, -0.2) is 13.4 Å². The molecule has 1 heterocycles. The van der Waals surface area contributed by atoms with Crippen molar-refractivity contribution >= 4 is 27.4 Å². The van der Waals surface area contributed by atoms with Gasteiger partial charge in [-0.1, -0.05) is 6.07 Å². The first-order valence-electron chi connectivity index (χ1n) is 8.98. The van der Waals surface area contributed by atoms with E-state index in [9.17, 15) is 13.2 Å². The van der Waals surface area contributed by atoms with E-state index in [0.29, 0.717) is 29.4 Å². The Morgan fingerprint density at radius 2 is 1.72 bits per heavy atom. The van der Waals surface area contributed by atoms with Gasteiger partial charge in [0.2, 0.25) is 0 Å². The van der Waals surface area contributed by atoms with Crippen LogP contribution in [-0.4, -0.2) is 25.9 Å². The first kappa shape index (κ1) is 20.3. The molecular formula is C21H21N3O4S. The molecule has 0 saturated heterocycles. The zero-order chi connectivity index (χ0) is 20.9. The van der Waals surface area contributed by atoms with Crippen LogP contribution in [0.3, 0.4) is 0 Å². The molecule has 0 atom stereocenters. The lowest BCUT2D eigenvalue weighted by Gasteiger charge is -2.10. The lowest BCUT2D eigenvalue weighted by Crippen LogP contribution is -2.15. The Bertz CT molecular complexity index is 1100. The molecule has 0 unspecified atom stereocenters. The second-order valence-electron chi connectivity index (χ2n) is 6.21. The van der Waals surface area contributed by atoms with E-state index in [1.54, 1.807) is 36.5 Å². The number of pyridine rings is 1. The summed E-state index contributed by atoms with van der Waals surface area (Å²) in [6, 6.07) is 16.0. The van der Waals surface area contributed by atoms with Crippen LogP contribution in [0.5, 0.6) is 5.75 Å². The Kier molecular flexibility index (Phi) is 6.13. The number of carbonyl (C=O) groups excluding carboxylic acids is 1. The van der Waals surface area contributed by atoms with Gasteiger partial charge in [-0.2, -0.15) is 0 Å². The zero-order valence-corrected chi connectivity index (χ0v) is 16.9. The second kappa shape index (κ2) is 8.74. The number of hydrogen-bond donors (Lipinski definition) is 2. The van der Waals surface area contributed by atoms with Crippen LogP contribution >= 0.6 is 0 Å². The highest BCUT2D eigenvalue weighted by Gasteiger charge is 2.15. The largest absolute Gasteiger partial charge is 0.494 e. The molecule has 0 fully saturated rings. The minimum Gasteiger partial charge on any atom is -0.494 e. The number of aryl methyl sites for hydroxylation is 1. The maximum absolute atomic E-state index is 12.5. The summed E-state index contributed by atoms with van der Waals surface area (Å²) < 4.78 is 32.9. The summed E-state index contributed by atoms with van der Waals surface area (Å²) in [4.78, 5) is 16.6. The first-order chi connectivity index (χ1) is 13.9. The third-order valence-corrected chi connectivity index (χ3v) is 5.48. The van der Waals surface area contributed by atoms with Crippen LogP contribution in [0.15, 0.2) is 71.8 Å². The summed E-state index contributed by atoms with van der Waals surface area (Å²) in [5.74, 6) is 0.760. The predicted octanol–water partition coefficient (Wildman–Crippen LogP) is 3.84. The monoisotopic (exact) mass is 411 g/mol. The lowest BCUT2D eigenvalue weighted by molar-refractivity contribution is 0.102. The van der Waals surface area contributed by atoms with E-state index in [0.717, 1.165) is 5.56 Å². The number of sulfonamides is 1. The van der Waals surface area contributed by atoms with Crippen molar-refractivity contribution in [2.45, 2.75) is 18.7 Å². The maximum Gasteiger partial charge on any atom is 0.261 e. The molecule has 2 N–H and O–H groups in total. The van der Waals surface area contributed by atoms with E-state index in [1.165, 1.54) is 24.3 Å². The van der Waals surface area contributed by atoms with Gasteiger partial charge in [0, 0.05) is 17.4 Å². The fourth-order valence-corrected chi connectivity index (χ4v) is 3.64. The third-order valence-electron chi connectivity index (χ3n) is 4.09. The van der Waals surface area contributed by atoms with E-state index >= 15 is 0 Å². The molecule has 0 spiro atoms. The van der Waals surface area contributed by atoms with Crippen LogP contribution in [-0.2, 0) is 10.0 Å². The van der Waals surface area contributed by atoms with Crippen molar-refractivity contribution in [1.82, 2.24) is 4.98 Å². The number of hydrogen-bond acceptors (Lipinski definition) is 5. The van der Waals surface area contributed by atoms with Gasteiger partial charge in [-0.3, -0.25) is 9.52 Å². The van der Waals surface area contributed by atoms with Crippen molar-refractivity contribution in [1.29, 1.82) is 0 Å². The molecule has 0 bridgehead atoms. The molecule has 8 heteroatoms. The number of carbonyl (C=O) groups is 1. The van der Waals surface area contributed by atoms with Gasteiger partial charge in [0.1, 0.15) is 11.6 Å². The average Bonchev–Trinajstić information content (AvgIpc) is 2.70. The number of benzene rings is 2. The number of anilines is 2. The molecule has 1 amide bonds. The quantitative estimate of drug-likeness (QED) is 0.616. The van der Waals surface area contributed by atoms with E-state index in [1.807, 2.05) is 19.9 Å². The van der Waals surface area contributed by atoms with Crippen molar-refractivity contribution in [2.75, 3.05) is 16.6 Å². The molecular weight excluding hydrogens is 390 g/mol. The molecule has 3 aromatic rings. The number of nitrogens with one attached hydrogen (secondary N) is 2. The highest BCUT2D eigenvalue weighted by molar-refractivity contribution is 7.92. The summed E-state index contributed by atoms with van der Waals surface area (Å²) in [6.07, 6.45) is 1.60. The molecule has 0 saturated carbocycles. The third kappa shape index (κ3) is 5.11. The van der Waals surface area contributed by atoms with E-state index < -0.39 is 10.0 Å². The highest BCUT2D eigenvalue weighted by Crippen LogP contribution is 2.20. The maximum atomic E-state index is 12.5. The Balaban J connectivity index is 1.69. The molecule has 0 aliphatic heterocycles.